The van der Waals surface area contributed by atoms with Crippen LogP contribution in [0.25, 0.3) is 0 Å². The van der Waals surface area contributed by atoms with Gasteiger partial charge in [0.1, 0.15) is 12.4 Å². The van der Waals surface area contributed by atoms with E-state index >= 15 is 0 Å². The molecule has 7 N–H and O–H groups in total. The molecule has 9 heteroatoms. The van der Waals surface area contributed by atoms with Crippen molar-refractivity contribution in [2.45, 2.75) is 5.12 Å². The van der Waals surface area contributed by atoms with E-state index in [9.17, 15) is 20.4 Å². The molecule has 1 rings (SSSR count). The molecule has 0 atom stereocenters. The lowest BCUT2D eigenvalue weighted by molar-refractivity contribution is -0.0730. The van der Waals surface area contributed by atoms with Crippen LogP contribution in [0.2, 0.25) is 0 Å². The van der Waals surface area contributed by atoms with E-state index in [-0.39, 0.29) is 23.1 Å². The first-order valence-electron chi connectivity index (χ1n) is 3.96. The summed E-state index contributed by atoms with van der Waals surface area (Å²) in [5.41, 5.74) is 1.85. The van der Waals surface area contributed by atoms with E-state index in [0.29, 0.717) is 11.8 Å². The van der Waals surface area contributed by atoms with Crippen molar-refractivity contribution in [3.8, 4) is 0 Å². The number of rotatable bonds is 2. The molecule has 7 nitrogen and oxygen atoms in total. The molecule has 1 heterocycles. The Morgan fingerprint density at radius 2 is 2.19 bits per heavy atom. The molecule has 0 spiro atoms. The highest BCUT2D eigenvalue weighted by Crippen LogP contribution is 2.36. The van der Waals surface area contributed by atoms with Crippen LogP contribution in [0.5, 0.6) is 0 Å². The average Bonchev–Trinajstić information content (AvgIpc) is 2.24. The third-order valence-electron chi connectivity index (χ3n) is 1.70. The van der Waals surface area contributed by atoms with Crippen LogP contribution in [0, 0.1) is 0 Å². The van der Waals surface area contributed by atoms with Crippen LogP contribution in [-0.4, -0.2) is 37.3 Å². The number of thiocarbonyl (C=S) groups is 1. The van der Waals surface area contributed by atoms with E-state index in [4.69, 9.17) is 10.6 Å². The zero-order chi connectivity index (χ0) is 12.3. The highest BCUT2D eigenvalue weighted by molar-refractivity contribution is 8.03. The minimum atomic E-state index is -2.48. The van der Waals surface area contributed by atoms with Crippen molar-refractivity contribution in [2.75, 3.05) is 6.61 Å². The summed E-state index contributed by atoms with van der Waals surface area (Å²) >= 11 is 5.01. The average molecular weight is 266 g/mol. The highest BCUT2D eigenvalue weighted by atomic mass is 32.2. The minimum Gasteiger partial charge on any atom is -0.507 e. The Hall–Kier alpha value is -1.00. The maximum Gasteiger partial charge on any atom is 0.278 e. The number of thioether (sulfide) groups is 1. The van der Waals surface area contributed by atoms with Crippen molar-refractivity contribution < 1.29 is 25.2 Å². The molecule has 16 heavy (non-hydrogen) atoms. The van der Waals surface area contributed by atoms with Crippen molar-refractivity contribution in [1.29, 1.82) is 0 Å². The first kappa shape index (κ1) is 13.1. The lowest BCUT2D eigenvalue weighted by Gasteiger charge is -2.25. The highest BCUT2D eigenvalue weighted by Gasteiger charge is 2.36. The number of nitrogens with two attached hydrogens (primary N) is 1. The molecule has 0 aromatic heterocycles. The van der Waals surface area contributed by atoms with Crippen LogP contribution >= 0.6 is 24.0 Å². The topological polar surface area (TPSA) is 128 Å². The van der Waals surface area contributed by atoms with Gasteiger partial charge in [-0.15, -0.1) is 0 Å². The Morgan fingerprint density at radius 3 is 2.75 bits per heavy atom. The molecule has 0 saturated heterocycles. The lowest BCUT2D eigenvalue weighted by atomic mass is 10.2. The smallest absolute Gasteiger partial charge is 0.278 e. The monoisotopic (exact) mass is 266 g/mol. The van der Waals surface area contributed by atoms with E-state index in [2.05, 4.69) is 12.2 Å². The molecule has 0 aromatic rings. The molecule has 0 radical (unpaired) electrons. The van der Waals surface area contributed by atoms with Gasteiger partial charge in [0, 0.05) is 5.41 Å². The van der Waals surface area contributed by atoms with E-state index in [1.165, 1.54) is 0 Å². The Bertz CT molecular complexity index is 366. The molecule has 0 aromatic carbocycles. The van der Waals surface area contributed by atoms with Gasteiger partial charge in [-0.25, -0.2) is 5.84 Å². The molecule has 0 saturated carbocycles. The first-order valence-corrected chi connectivity index (χ1v) is 5.25. The van der Waals surface area contributed by atoms with E-state index in [1.807, 2.05) is 5.43 Å². The first-order chi connectivity index (χ1) is 7.38. The standard InChI is InChI=1S/C7H10N2O5S2/c8-9-6(15)14-1-3-4(10)2-16-7(12,13)5(3)11/h2,10-13H,1,8H2,(H,9,15). The molecule has 0 bridgehead atoms. The largest absolute Gasteiger partial charge is 0.507 e. The van der Waals surface area contributed by atoms with Crippen LogP contribution < -0.4 is 11.3 Å². The molecule has 90 valence electrons. The summed E-state index contributed by atoms with van der Waals surface area (Å²) in [5.74, 6) is 3.80. The Kier molecular flexibility index (Phi) is 3.99. The predicted octanol–water partition coefficient (Wildman–Crippen LogP) is -0.652. The quantitative estimate of drug-likeness (QED) is 0.167. The van der Waals surface area contributed by atoms with E-state index in [1.54, 1.807) is 0 Å². The molecule has 0 aliphatic carbocycles. The fourth-order valence-corrected chi connectivity index (χ4v) is 1.62. The minimum absolute atomic E-state index is 0.159. The summed E-state index contributed by atoms with van der Waals surface area (Å²) in [5, 5.41) is 35.8. The number of hydrazine groups is 1. The van der Waals surface area contributed by atoms with E-state index in [0.717, 1.165) is 5.41 Å². The number of aliphatic hydroxyl groups is 4. The van der Waals surface area contributed by atoms with Crippen LogP contribution in [0.3, 0.4) is 0 Å². The maximum absolute atomic E-state index is 9.44. The third kappa shape index (κ3) is 2.77. The van der Waals surface area contributed by atoms with Gasteiger partial charge in [-0.3, -0.25) is 5.43 Å². The predicted molar refractivity (Wildman–Crippen MR) is 61.0 cm³/mol. The second kappa shape index (κ2) is 4.89. The molecular weight excluding hydrogens is 256 g/mol. The van der Waals surface area contributed by atoms with Crippen molar-refractivity contribution in [1.82, 2.24) is 5.43 Å². The van der Waals surface area contributed by atoms with Crippen molar-refractivity contribution >= 4 is 29.2 Å². The molecule has 1 aliphatic heterocycles. The van der Waals surface area contributed by atoms with Crippen LogP contribution in [0.15, 0.2) is 22.5 Å². The normalized spacial score (nSPS) is 19.1. The zero-order valence-electron chi connectivity index (χ0n) is 7.88. The van der Waals surface area contributed by atoms with Gasteiger partial charge in [-0.05, 0) is 12.2 Å². The molecular formula is C7H10N2O5S2. The maximum atomic E-state index is 9.44. The van der Waals surface area contributed by atoms with Gasteiger partial charge in [0.15, 0.2) is 5.76 Å². The summed E-state index contributed by atoms with van der Waals surface area (Å²) < 4.78 is 4.81. The van der Waals surface area contributed by atoms with Gasteiger partial charge < -0.3 is 25.2 Å². The van der Waals surface area contributed by atoms with Crippen molar-refractivity contribution in [2.24, 2.45) is 5.84 Å². The molecule has 0 fully saturated rings. The van der Waals surface area contributed by atoms with Gasteiger partial charge in [-0.1, -0.05) is 11.8 Å². The van der Waals surface area contributed by atoms with Gasteiger partial charge >= 0.3 is 0 Å². The summed E-state index contributed by atoms with van der Waals surface area (Å²) in [6, 6.07) is 0. The fourth-order valence-electron chi connectivity index (χ4n) is 0.904. The molecule has 0 unspecified atom stereocenters. The van der Waals surface area contributed by atoms with Crippen LogP contribution in [-0.2, 0) is 4.74 Å². The number of ether oxygens (including phenoxy) is 1. The summed E-state index contributed by atoms with van der Waals surface area (Å²) in [7, 11) is 0. The summed E-state index contributed by atoms with van der Waals surface area (Å²) in [4.78, 5) is 0. The summed E-state index contributed by atoms with van der Waals surface area (Å²) in [6.45, 7) is -0.347. The number of hydrogen-bond donors (Lipinski definition) is 6. The van der Waals surface area contributed by atoms with Crippen molar-refractivity contribution in [3.63, 3.8) is 0 Å². The van der Waals surface area contributed by atoms with E-state index < -0.39 is 10.9 Å². The lowest BCUT2D eigenvalue weighted by Crippen LogP contribution is -2.33. The number of hydrogen-bond acceptors (Lipinski definition) is 8. The SMILES string of the molecule is NNC(=S)OCC1=C(O)C(O)(O)SC=C1O. The number of aliphatic hydroxyl groups excluding tert-OH is 2. The van der Waals surface area contributed by atoms with Gasteiger partial charge in [0.25, 0.3) is 10.3 Å². The van der Waals surface area contributed by atoms with Gasteiger partial charge in [-0.2, -0.15) is 0 Å². The Labute approximate surface area is 100 Å². The second-order valence-electron chi connectivity index (χ2n) is 2.78. The number of nitrogens with one attached hydrogen (secondary N) is 1. The van der Waals surface area contributed by atoms with Crippen LogP contribution in [0.4, 0.5) is 0 Å². The van der Waals surface area contributed by atoms with Gasteiger partial charge in [0.05, 0.1) is 5.57 Å². The Balaban J connectivity index is 2.82. The molecule has 0 amide bonds. The van der Waals surface area contributed by atoms with Crippen molar-refractivity contribution in [3.05, 3.63) is 22.5 Å². The summed E-state index contributed by atoms with van der Waals surface area (Å²) in [6.07, 6.45) is 0. The van der Waals surface area contributed by atoms with Gasteiger partial charge in [0.2, 0.25) is 0 Å². The fraction of sp³-hybridized carbons (Fsp3) is 0.286. The second-order valence-corrected chi connectivity index (χ2v) is 4.19. The Morgan fingerprint density at radius 1 is 1.56 bits per heavy atom. The zero-order valence-corrected chi connectivity index (χ0v) is 9.51. The third-order valence-corrected chi connectivity index (χ3v) is 2.80. The molecule has 1 aliphatic rings. The van der Waals surface area contributed by atoms with Crippen LogP contribution in [0.1, 0.15) is 0 Å².